The van der Waals surface area contributed by atoms with Crippen molar-refractivity contribution < 1.29 is 19.1 Å². The van der Waals surface area contributed by atoms with E-state index in [9.17, 15) is 14.4 Å². The Kier molecular flexibility index (Phi) is 5.27. The third-order valence-corrected chi connectivity index (χ3v) is 7.96. The summed E-state index contributed by atoms with van der Waals surface area (Å²) in [5.41, 5.74) is 2.17. The third-order valence-electron chi connectivity index (χ3n) is 7.96. The lowest BCUT2D eigenvalue weighted by Gasteiger charge is -2.56. The first-order chi connectivity index (χ1) is 14.9. The maximum atomic E-state index is 12.6. The summed E-state index contributed by atoms with van der Waals surface area (Å²) in [6.07, 6.45) is 8.87. The van der Waals surface area contributed by atoms with Crippen molar-refractivity contribution >= 4 is 23.5 Å². The maximum absolute atomic E-state index is 12.6. The van der Waals surface area contributed by atoms with Gasteiger partial charge in [0.05, 0.1) is 0 Å². The fourth-order valence-corrected chi connectivity index (χ4v) is 7.29. The van der Waals surface area contributed by atoms with Gasteiger partial charge in [0.25, 0.3) is 5.91 Å². The van der Waals surface area contributed by atoms with E-state index >= 15 is 0 Å². The Balaban J connectivity index is 1.08. The fourth-order valence-electron chi connectivity index (χ4n) is 7.29. The zero-order valence-electron chi connectivity index (χ0n) is 18.3. The second-order valence-corrected chi connectivity index (χ2v) is 10.5. The van der Waals surface area contributed by atoms with E-state index in [0.717, 1.165) is 35.4 Å². The molecule has 4 bridgehead atoms. The van der Waals surface area contributed by atoms with Crippen LogP contribution in [-0.4, -0.2) is 37.0 Å². The lowest BCUT2D eigenvalue weighted by atomic mass is 9.49. The average Bonchev–Trinajstić information content (AvgIpc) is 3.05. The quantitative estimate of drug-likeness (QED) is 0.712. The Labute approximate surface area is 183 Å². The largest absolute Gasteiger partial charge is 0.454 e. The smallest absolute Gasteiger partial charge is 0.325 e. The van der Waals surface area contributed by atoms with Crippen LogP contribution in [0.3, 0.4) is 0 Å². The molecule has 1 N–H and O–H groups in total. The van der Waals surface area contributed by atoms with E-state index in [0.29, 0.717) is 6.42 Å². The number of nitrogens with one attached hydrogen (secondary N) is 1. The molecule has 1 atom stereocenters. The average molecular weight is 425 g/mol. The van der Waals surface area contributed by atoms with Crippen molar-refractivity contribution in [2.45, 2.75) is 64.3 Å². The highest BCUT2D eigenvalue weighted by molar-refractivity contribution is 5.98. The van der Waals surface area contributed by atoms with Gasteiger partial charge >= 0.3 is 5.97 Å². The molecular formula is C25H32N2O4. The molecule has 4 fully saturated rings. The summed E-state index contributed by atoms with van der Waals surface area (Å²) in [5.74, 6) is 1.54. The lowest BCUT2D eigenvalue weighted by Crippen LogP contribution is -2.48. The van der Waals surface area contributed by atoms with Crippen LogP contribution in [-0.2, 0) is 25.5 Å². The van der Waals surface area contributed by atoms with Gasteiger partial charge in [-0.2, -0.15) is 0 Å². The van der Waals surface area contributed by atoms with Gasteiger partial charge in [-0.05, 0) is 86.7 Å². The van der Waals surface area contributed by atoms with Gasteiger partial charge in [0, 0.05) is 18.2 Å². The third kappa shape index (κ3) is 4.09. The van der Waals surface area contributed by atoms with E-state index in [1.165, 1.54) is 38.5 Å². The summed E-state index contributed by atoms with van der Waals surface area (Å²) < 4.78 is 5.18. The standard InChI is InChI=1S/C25H32N2O4/c1-16-6-20-4-2-3-5-21(20)27(16)23(29)15-31-24(30)14-26-22(28)13-25-10-17-7-18(11-25)9-19(8-17)12-25/h2-5,16-19H,6-15H2,1H3,(H,26,28)/t16-,17?,18?,19?,25?/m1/s1. The SMILES string of the molecule is C[C@@H]1Cc2ccccc2N1C(=O)COC(=O)CNC(=O)CC12CC3CC(CC(C3)C1)C2. The second-order valence-electron chi connectivity index (χ2n) is 10.5. The van der Waals surface area contributed by atoms with Crippen molar-refractivity contribution in [2.75, 3.05) is 18.1 Å². The number of amides is 2. The van der Waals surface area contributed by atoms with Gasteiger partial charge in [-0.3, -0.25) is 14.4 Å². The number of esters is 1. The minimum absolute atomic E-state index is 0.0450. The number of para-hydroxylation sites is 1. The monoisotopic (exact) mass is 424 g/mol. The van der Waals surface area contributed by atoms with Crippen LogP contribution in [0.25, 0.3) is 0 Å². The Hall–Kier alpha value is -2.37. The summed E-state index contributed by atoms with van der Waals surface area (Å²) in [7, 11) is 0. The van der Waals surface area contributed by atoms with Gasteiger partial charge in [0.15, 0.2) is 6.61 Å². The summed E-state index contributed by atoms with van der Waals surface area (Å²) in [6.45, 7) is 1.51. The van der Waals surface area contributed by atoms with Crippen molar-refractivity contribution in [1.82, 2.24) is 5.32 Å². The van der Waals surface area contributed by atoms with E-state index < -0.39 is 5.97 Å². The highest BCUT2D eigenvalue weighted by Crippen LogP contribution is 2.61. The predicted octanol–water partition coefficient (Wildman–Crippen LogP) is 3.23. The number of hydrogen-bond acceptors (Lipinski definition) is 4. The van der Waals surface area contributed by atoms with Gasteiger partial charge < -0.3 is 15.0 Å². The van der Waals surface area contributed by atoms with Crippen molar-refractivity contribution in [2.24, 2.45) is 23.2 Å². The number of carbonyl (C=O) groups excluding carboxylic acids is 3. The number of nitrogens with zero attached hydrogens (tertiary/aromatic N) is 1. The second kappa shape index (κ2) is 7.95. The molecule has 1 aromatic rings. The van der Waals surface area contributed by atoms with Crippen LogP contribution in [0, 0.1) is 23.2 Å². The highest BCUT2D eigenvalue weighted by atomic mass is 16.5. The number of benzene rings is 1. The van der Waals surface area contributed by atoms with Gasteiger partial charge in [-0.1, -0.05) is 18.2 Å². The minimum Gasteiger partial charge on any atom is -0.454 e. The molecule has 0 unspecified atom stereocenters. The van der Waals surface area contributed by atoms with Crippen LogP contribution in [0.4, 0.5) is 5.69 Å². The minimum atomic E-state index is -0.563. The highest BCUT2D eigenvalue weighted by Gasteiger charge is 2.51. The Bertz CT molecular complexity index is 860. The molecule has 166 valence electrons. The first-order valence-corrected chi connectivity index (χ1v) is 11.7. The molecule has 1 aliphatic heterocycles. The van der Waals surface area contributed by atoms with Gasteiger partial charge in [-0.25, -0.2) is 0 Å². The zero-order chi connectivity index (χ0) is 21.6. The summed E-state index contributed by atoms with van der Waals surface area (Å²) in [5, 5.41) is 2.74. The molecule has 0 saturated heterocycles. The van der Waals surface area contributed by atoms with Crippen molar-refractivity contribution in [1.29, 1.82) is 0 Å². The summed E-state index contributed by atoms with van der Waals surface area (Å²) in [4.78, 5) is 39.1. The normalized spacial score (nSPS) is 32.6. The van der Waals surface area contributed by atoms with E-state index in [1.807, 2.05) is 31.2 Å². The Morgan fingerprint density at radius 2 is 1.71 bits per heavy atom. The van der Waals surface area contributed by atoms with Crippen molar-refractivity contribution in [3.8, 4) is 0 Å². The van der Waals surface area contributed by atoms with Gasteiger partial charge in [0.1, 0.15) is 6.54 Å². The van der Waals surface area contributed by atoms with Crippen molar-refractivity contribution in [3.63, 3.8) is 0 Å². The molecule has 4 saturated carbocycles. The molecule has 6 nitrogen and oxygen atoms in total. The Morgan fingerprint density at radius 3 is 2.39 bits per heavy atom. The number of hydrogen-bond donors (Lipinski definition) is 1. The number of ether oxygens (including phenoxy) is 1. The van der Waals surface area contributed by atoms with Crippen LogP contribution < -0.4 is 10.2 Å². The van der Waals surface area contributed by atoms with Crippen molar-refractivity contribution in [3.05, 3.63) is 29.8 Å². The number of carbonyl (C=O) groups is 3. The maximum Gasteiger partial charge on any atom is 0.325 e. The molecule has 0 aromatic heterocycles. The van der Waals surface area contributed by atoms with E-state index in [-0.39, 0.29) is 36.4 Å². The molecule has 1 aromatic carbocycles. The molecule has 6 rings (SSSR count). The number of rotatable bonds is 6. The molecule has 0 radical (unpaired) electrons. The molecule has 5 aliphatic rings. The number of anilines is 1. The zero-order valence-corrected chi connectivity index (χ0v) is 18.3. The molecule has 1 heterocycles. The van der Waals surface area contributed by atoms with Crippen LogP contribution in [0.2, 0.25) is 0 Å². The van der Waals surface area contributed by atoms with Crippen LogP contribution in [0.5, 0.6) is 0 Å². The summed E-state index contributed by atoms with van der Waals surface area (Å²) in [6, 6.07) is 7.85. The van der Waals surface area contributed by atoms with E-state index in [1.54, 1.807) is 4.90 Å². The molecular weight excluding hydrogens is 392 g/mol. The lowest BCUT2D eigenvalue weighted by molar-refractivity contribution is -0.148. The summed E-state index contributed by atoms with van der Waals surface area (Å²) >= 11 is 0. The van der Waals surface area contributed by atoms with E-state index in [2.05, 4.69) is 5.32 Å². The molecule has 4 aliphatic carbocycles. The number of fused-ring (bicyclic) bond motifs is 1. The fraction of sp³-hybridized carbons (Fsp3) is 0.640. The van der Waals surface area contributed by atoms with Crippen LogP contribution >= 0.6 is 0 Å². The van der Waals surface area contributed by atoms with Crippen LogP contribution in [0.15, 0.2) is 24.3 Å². The molecule has 0 spiro atoms. The molecule has 2 amide bonds. The topological polar surface area (TPSA) is 75.7 Å². The van der Waals surface area contributed by atoms with Gasteiger partial charge in [0.2, 0.25) is 5.91 Å². The van der Waals surface area contributed by atoms with E-state index in [4.69, 9.17) is 4.74 Å². The van der Waals surface area contributed by atoms with Gasteiger partial charge in [-0.15, -0.1) is 0 Å². The first kappa shape index (κ1) is 20.5. The predicted molar refractivity (Wildman–Crippen MR) is 116 cm³/mol. The molecule has 6 heteroatoms. The molecule has 31 heavy (non-hydrogen) atoms. The Morgan fingerprint density at radius 1 is 1.06 bits per heavy atom. The first-order valence-electron chi connectivity index (χ1n) is 11.7. The van der Waals surface area contributed by atoms with Crippen LogP contribution in [0.1, 0.15) is 57.4 Å².